The number of phenolic OH excluding ortho intramolecular Hbond substituents is 1. The topological polar surface area (TPSA) is 84.0 Å². The number of ether oxygens (including phenoxy) is 1. The summed E-state index contributed by atoms with van der Waals surface area (Å²) in [5, 5.41) is 26.5. The fourth-order valence-corrected chi connectivity index (χ4v) is 2.20. The average Bonchev–Trinajstić information content (AvgIpc) is 2.99. The van der Waals surface area contributed by atoms with Crippen molar-refractivity contribution in [3.63, 3.8) is 0 Å². The largest absolute Gasteiger partial charge is 0.508 e. The lowest BCUT2D eigenvalue weighted by Crippen LogP contribution is -2.08. The summed E-state index contributed by atoms with van der Waals surface area (Å²) in [6, 6.07) is 18.1. The van der Waals surface area contributed by atoms with Gasteiger partial charge in [-0.15, -0.1) is 5.10 Å². The van der Waals surface area contributed by atoms with E-state index in [-0.39, 0.29) is 11.4 Å². The summed E-state index contributed by atoms with van der Waals surface area (Å²) in [4.78, 5) is 0. The quantitative estimate of drug-likeness (QED) is 0.782. The van der Waals surface area contributed by atoms with Gasteiger partial charge in [0, 0.05) is 6.42 Å². The summed E-state index contributed by atoms with van der Waals surface area (Å²) < 4.78 is 7.26. The molecule has 3 aromatic rings. The maximum atomic E-state index is 9.37. The van der Waals surface area contributed by atoms with Gasteiger partial charge >= 0.3 is 0 Å². The molecule has 0 saturated heterocycles. The average molecular weight is 306 g/mol. The number of nitriles is 1. The van der Waals surface area contributed by atoms with Crippen molar-refractivity contribution < 1.29 is 9.84 Å². The van der Waals surface area contributed by atoms with E-state index in [4.69, 9.17) is 4.74 Å². The Labute approximate surface area is 133 Å². The Bertz CT molecular complexity index is 820. The molecule has 0 aliphatic carbocycles. The summed E-state index contributed by atoms with van der Waals surface area (Å²) in [6.45, 7) is 0.407. The highest BCUT2D eigenvalue weighted by molar-refractivity contribution is 5.39. The van der Waals surface area contributed by atoms with Crippen LogP contribution in [0.2, 0.25) is 0 Å². The minimum atomic E-state index is 0.170. The fraction of sp³-hybridized carbons (Fsp3) is 0.118. The van der Waals surface area contributed by atoms with E-state index in [1.165, 1.54) is 0 Å². The number of aromatic hydroxyl groups is 1. The Kier molecular flexibility index (Phi) is 4.20. The number of aromatic nitrogens is 3. The van der Waals surface area contributed by atoms with Gasteiger partial charge in [-0.05, 0) is 36.4 Å². The van der Waals surface area contributed by atoms with Gasteiger partial charge in [0.05, 0.1) is 18.0 Å². The van der Waals surface area contributed by atoms with Crippen LogP contribution in [0.3, 0.4) is 0 Å². The van der Waals surface area contributed by atoms with E-state index in [0.717, 1.165) is 11.4 Å². The Balaban J connectivity index is 1.79. The molecule has 23 heavy (non-hydrogen) atoms. The summed E-state index contributed by atoms with van der Waals surface area (Å²) in [7, 11) is 0. The molecule has 1 N–H and O–H groups in total. The number of rotatable bonds is 5. The second kappa shape index (κ2) is 6.62. The van der Waals surface area contributed by atoms with Gasteiger partial charge in [0.2, 0.25) is 0 Å². The lowest BCUT2D eigenvalue weighted by Gasteiger charge is -2.08. The van der Waals surface area contributed by atoms with Crippen LogP contribution in [-0.2, 0) is 6.42 Å². The van der Waals surface area contributed by atoms with E-state index in [0.29, 0.717) is 18.7 Å². The van der Waals surface area contributed by atoms with Crippen molar-refractivity contribution in [3.05, 3.63) is 66.0 Å². The summed E-state index contributed by atoms with van der Waals surface area (Å²) in [5.41, 5.74) is 1.68. The van der Waals surface area contributed by atoms with Crippen LogP contribution in [0.4, 0.5) is 0 Å². The summed E-state index contributed by atoms with van der Waals surface area (Å²) >= 11 is 0. The molecular formula is C17H14N4O2. The molecule has 0 atom stereocenters. The molecule has 6 heteroatoms. The van der Waals surface area contributed by atoms with Gasteiger partial charge < -0.3 is 9.84 Å². The maximum absolute atomic E-state index is 9.37. The number of nitrogens with zero attached hydrogens (tertiary/aromatic N) is 4. The molecule has 0 spiro atoms. The molecule has 6 nitrogen and oxygen atoms in total. The Hall–Kier alpha value is -3.33. The Morgan fingerprint density at radius 1 is 1.09 bits per heavy atom. The first-order valence-corrected chi connectivity index (χ1v) is 7.10. The van der Waals surface area contributed by atoms with Crippen LogP contribution in [0.5, 0.6) is 11.5 Å². The third kappa shape index (κ3) is 3.30. The second-order valence-corrected chi connectivity index (χ2v) is 4.84. The molecule has 0 bridgehead atoms. The maximum Gasteiger partial charge on any atom is 0.186 e. The third-order valence-electron chi connectivity index (χ3n) is 3.31. The number of phenols is 1. The van der Waals surface area contributed by atoms with Gasteiger partial charge in [0.1, 0.15) is 17.6 Å². The fourth-order valence-electron chi connectivity index (χ4n) is 2.20. The minimum absolute atomic E-state index is 0.170. The molecule has 0 unspecified atom stereocenters. The van der Waals surface area contributed by atoms with Crippen molar-refractivity contribution in [2.45, 2.75) is 6.42 Å². The van der Waals surface area contributed by atoms with Gasteiger partial charge in [-0.1, -0.05) is 23.4 Å². The predicted octanol–water partition coefficient (Wildman–Crippen LogP) is 2.47. The zero-order valence-electron chi connectivity index (χ0n) is 12.3. The monoisotopic (exact) mass is 306 g/mol. The normalized spacial score (nSPS) is 10.2. The van der Waals surface area contributed by atoms with Crippen LogP contribution in [0.25, 0.3) is 5.69 Å². The van der Waals surface area contributed by atoms with Crippen molar-refractivity contribution in [1.29, 1.82) is 5.26 Å². The molecule has 0 saturated carbocycles. The van der Waals surface area contributed by atoms with E-state index in [1.807, 2.05) is 36.4 Å². The highest BCUT2D eigenvalue weighted by atomic mass is 16.5. The Morgan fingerprint density at radius 2 is 1.83 bits per heavy atom. The lowest BCUT2D eigenvalue weighted by atomic mass is 10.2. The van der Waals surface area contributed by atoms with E-state index >= 15 is 0 Å². The van der Waals surface area contributed by atoms with Gasteiger partial charge in [-0.2, -0.15) is 5.26 Å². The van der Waals surface area contributed by atoms with E-state index in [1.54, 1.807) is 28.9 Å². The SMILES string of the molecule is N#Cc1nnn(-c2ccc(O)cc2)c1CCOc1ccccc1. The molecule has 1 aromatic heterocycles. The van der Waals surface area contributed by atoms with Gasteiger partial charge in [0.25, 0.3) is 0 Å². The molecule has 114 valence electrons. The van der Waals surface area contributed by atoms with Crippen LogP contribution in [0.15, 0.2) is 54.6 Å². The van der Waals surface area contributed by atoms with E-state index < -0.39 is 0 Å². The van der Waals surface area contributed by atoms with Crippen LogP contribution in [-0.4, -0.2) is 26.7 Å². The lowest BCUT2D eigenvalue weighted by molar-refractivity contribution is 0.319. The van der Waals surface area contributed by atoms with E-state index in [2.05, 4.69) is 10.3 Å². The first kappa shape index (κ1) is 14.6. The summed E-state index contributed by atoms with van der Waals surface area (Å²) in [5.74, 6) is 0.943. The third-order valence-corrected chi connectivity index (χ3v) is 3.31. The van der Waals surface area contributed by atoms with E-state index in [9.17, 15) is 10.4 Å². The Morgan fingerprint density at radius 3 is 2.52 bits per heavy atom. The van der Waals surface area contributed by atoms with Crippen LogP contribution < -0.4 is 4.74 Å². The highest BCUT2D eigenvalue weighted by Gasteiger charge is 2.14. The van der Waals surface area contributed by atoms with Crippen molar-refractivity contribution in [2.75, 3.05) is 6.61 Å². The van der Waals surface area contributed by atoms with Gasteiger partial charge in [0.15, 0.2) is 5.69 Å². The van der Waals surface area contributed by atoms with Gasteiger partial charge in [-0.25, -0.2) is 4.68 Å². The van der Waals surface area contributed by atoms with Gasteiger partial charge in [-0.3, -0.25) is 0 Å². The molecule has 1 heterocycles. The zero-order valence-corrected chi connectivity index (χ0v) is 12.3. The summed E-state index contributed by atoms with van der Waals surface area (Å²) in [6.07, 6.45) is 0.492. The predicted molar refractivity (Wildman–Crippen MR) is 83.4 cm³/mol. The molecule has 0 aliphatic heterocycles. The van der Waals surface area contributed by atoms with Crippen molar-refractivity contribution in [2.24, 2.45) is 0 Å². The minimum Gasteiger partial charge on any atom is -0.508 e. The first-order valence-electron chi connectivity index (χ1n) is 7.10. The first-order chi connectivity index (χ1) is 11.3. The van der Waals surface area contributed by atoms with Crippen molar-refractivity contribution in [1.82, 2.24) is 15.0 Å². The zero-order chi connectivity index (χ0) is 16.1. The molecule has 0 radical (unpaired) electrons. The molecule has 0 fully saturated rings. The van der Waals surface area contributed by atoms with Crippen molar-refractivity contribution in [3.8, 4) is 23.3 Å². The smallest absolute Gasteiger partial charge is 0.186 e. The van der Waals surface area contributed by atoms with Crippen LogP contribution >= 0.6 is 0 Å². The van der Waals surface area contributed by atoms with Crippen LogP contribution in [0.1, 0.15) is 11.4 Å². The molecule has 0 aliphatic rings. The number of benzene rings is 2. The second-order valence-electron chi connectivity index (χ2n) is 4.84. The van der Waals surface area contributed by atoms with Crippen LogP contribution in [0, 0.1) is 11.3 Å². The molecule has 3 rings (SSSR count). The molecule has 2 aromatic carbocycles. The standard InChI is InChI=1S/C17H14N4O2/c18-12-16-17(10-11-23-15-4-2-1-3-5-15)21(20-19-16)13-6-8-14(22)9-7-13/h1-9,22H,10-11H2. The number of hydrogen-bond donors (Lipinski definition) is 1. The molecular weight excluding hydrogens is 292 g/mol. The number of hydrogen-bond acceptors (Lipinski definition) is 5. The highest BCUT2D eigenvalue weighted by Crippen LogP contribution is 2.17. The van der Waals surface area contributed by atoms with Crippen molar-refractivity contribution >= 4 is 0 Å². The molecule has 0 amide bonds. The number of para-hydroxylation sites is 1.